The molecule has 0 N–H and O–H groups in total. The van der Waals surface area contributed by atoms with E-state index in [0.29, 0.717) is 32.1 Å². The van der Waals surface area contributed by atoms with Crippen molar-refractivity contribution in [1.29, 1.82) is 0 Å². The van der Waals surface area contributed by atoms with Crippen LogP contribution in [0.15, 0.2) is 18.3 Å². The molecule has 3 rings (SSSR count). The monoisotopic (exact) mass is 434 g/mol. The lowest BCUT2D eigenvalue weighted by molar-refractivity contribution is -0.151. The van der Waals surface area contributed by atoms with Crippen LogP contribution in [-0.2, 0) is 23.8 Å². The minimum atomic E-state index is -0.540. The van der Waals surface area contributed by atoms with E-state index in [-0.39, 0.29) is 23.7 Å². The van der Waals surface area contributed by atoms with Crippen LogP contribution in [0.1, 0.15) is 56.9 Å². The highest BCUT2D eigenvalue weighted by molar-refractivity contribution is 5.80. The minimum absolute atomic E-state index is 0.00373. The molecule has 0 spiro atoms. The van der Waals surface area contributed by atoms with Crippen LogP contribution in [0.3, 0.4) is 0 Å². The molecule has 172 valence electrons. The molecule has 3 heterocycles. The summed E-state index contributed by atoms with van der Waals surface area (Å²) in [4.78, 5) is 30.9. The van der Waals surface area contributed by atoms with Gasteiger partial charge in [0.1, 0.15) is 0 Å². The molecule has 0 bridgehead atoms. The van der Waals surface area contributed by atoms with Gasteiger partial charge >= 0.3 is 5.97 Å². The number of esters is 1. The van der Waals surface area contributed by atoms with Crippen molar-refractivity contribution in [1.82, 2.24) is 9.88 Å². The summed E-state index contributed by atoms with van der Waals surface area (Å²) in [6, 6.07) is 3.73. The van der Waals surface area contributed by atoms with Crippen molar-refractivity contribution < 1.29 is 28.5 Å². The Morgan fingerprint density at radius 2 is 2.10 bits per heavy atom. The van der Waals surface area contributed by atoms with Gasteiger partial charge in [0.15, 0.2) is 5.79 Å². The van der Waals surface area contributed by atoms with Crippen molar-refractivity contribution in [3.63, 3.8) is 0 Å². The van der Waals surface area contributed by atoms with Gasteiger partial charge in [-0.3, -0.25) is 9.59 Å². The molecule has 31 heavy (non-hydrogen) atoms. The molecule has 1 aromatic rings. The highest BCUT2D eigenvalue weighted by Crippen LogP contribution is 2.31. The first-order valence-corrected chi connectivity index (χ1v) is 11.1. The Balaban J connectivity index is 1.48. The van der Waals surface area contributed by atoms with E-state index >= 15 is 0 Å². The molecule has 0 saturated carbocycles. The van der Waals surface area contributed by atoms with Gasteiger partial charge in [0, 0.05) is 37.7 Å². The molecule has 0 aliphatic carbocycles. The number of amides is 1. The zero-order valence-electron chi connectivity index (χ0n) is 18.8. The SMILES string of the molecule is COC(=O)CC(CCCN1CC[C@@H](CCC2(C)OCCO2)C1=O)c1ccc(OC)nc1. The van der Waals surface area contributed by atoms with E-state index in [2.05, 4.69) is 4.98 Å². The summed E-state index contributed by atoms with van der Waals surface area (Å²) in [5, 5.41) is 0. The third kappa shape index (κ3) is 6.40. The fourth-order valence-corrected chi connectivity index (χ4v) is 4.38. The van der Waals surface area contributed by atoms with E-state index in [1.165, 1.54) is 7.11 Å². The lowest BCUT2D eigenvalue weighted by Crippen LogP contribution is -2.30. The first-order valence-electron chi connectivity index (χ1n) is 11.1. The normalized spacial score (nSPS) is 21.3. The van der Waals surface area contributed by atoms with Crippen molar-refractivity contribution in [2.45, 2.75) is 57.2 Å². The molecule has 8 heteroatoms. The number of hydrogen-bond acceptors (Lipinski definition) is 7. The predicted molar refractivity (Wildman–Crippen MR) is 114 cm³/mol. The van der Waals surface area contributed by atoms with Gasteiger partial charge in [-0.05, 0) is 44.1 Å². The van der Waals surface area contributed by atoms with Gasteiger partial charge < -0.3 is 23.8 Å². The molecule has 2 atom stereocenters. The second-order valence-electron chi connectivity index (χ2n) is 8.43. The zero-order valence-corrected chi connectivity index (χ0v) is 18.8. The van der Waals surface area contributed by atoms with Crippen molar-refractivity contribution in [2.75, 3.05) is 40.5 Å². The van der Waals surface area contributed by atoms with E-state index in [1.54, 1.807) is 19.4 Å². The van der Waals surface area contributed by atoms with E-state index < -0.39 is 5.79 Å². The van der Waals surface area contributed by atoms with Gasteiger partial charge in [-0.1, -0.05) is 6.07 Å². The minimum Gasteiger partial charge on any atom is -0.481 e. The maximum Gasteiger partial charge on any atom is 0.306 e. The molecule has 8 nitrogen and oxygen atoms in total. The van der Waals surface area contributed by atoms with Gasteiger partial charge in [-0.15, -0.1) is 0 Å². The van der Waals surface area contributed by atoms with Crippen molar-refractivity contribution >= 4 is 11.9 Å². The summed E-state index contributed by atoms with van der Waals surface area (Å²) in [7, 11) is 2.97. The molecule has 1 aromatic heterocycles. The average molecular weight is 435 g/mol. The zero-order chi connectivity index (χ0) is 22.3. The summed E-state index contributed by atoms with van der Waals surface area (Å²) < 4.78 is 21.3. The van der Waals surface area contributed by atoms with Gasteiger partial charge in [0.2, 0.25) is 11.8 Å². The van der Waals surface area contributed by atoms with Crippen molar-refractivity contribution in [3.8, 4) is 5.88 Å². The summed E-state index contributed by atoms with van der Waals surface area (Å²) in [5.41, 5.74) is 0.974. The topological polar surface area (TPSA) is 87.2 Å². The largest absolute Gasteiger partial charge is 0.481 e. The lowest BCUT2D eigenvalue weighted by Gasteiger charge is -2.23. The molecule has 2 aliphatic heterocycles. The number of aromatic nitrogens is 1. The smallest absolute Gasteiger partial charge is 0.306 e. The van der Waals surface area contributed by atoms with Crippen LogP contribution in [0.4, 0.5) is 0 Å². The van der Waals surface area contributed by atoms with Gasteiger partial charge in [-0.2, -0.15) is 0 Å². The molecule has 1 unspecified atom stereocenters. The Kier molecular flexibility index (Phi) is 8.26. The number of carbonyl (C=O) groups is 2. The quantitative estimate of drug-likeness (QED) is 0.495. The van der Waals surface area contributed by atoms with Crippen LogP contribution < -0.4 is 4.74 Å². The number of pyridine rings is 1. The third-order valence-corrected chi connectivity index (χ3v) is 6.31. The van der Waals surface area contributed by atoms with Crippen LogP contribution in [0.5, 0.6) is 5.88 Å². The number of ether oxygens (including phenoxy) is 4. The number of rotatable bonds is 11. The highest BCUT2D eigenvalue weighted by Gasteiger charge is 2.36. The number of nitrogens with zero attached hydrogens (tertiary/aromatic N) is 2. The fraction of sp³-hybridized carbons (Fsp3) is 0.696. The Bertz CT molecular complexity index is 732. The van der Waals surface area contributed by atoms with Crippen LogP contribution >= 0.6 is 0 Å². The standard InChI is InChI=1S/C23H34N2O6/c1-23(30-13-14-31-23)10-8-17-9-12-25(22(17)27)11-4-5-18(15-21(26)29-3)19-6-7-20(28-2)24-16-19/h6-7,16-18H,4-5,8-15H2,1-3H3/t17-,18?/m1/s1. The van der Waals surface area contributed by atoms with Gasteiger partial charge in [0.25, 0.3) is 0 Å². The molecule has 2 aliphatic rings. The van der Waals surface area contributed by atoms with E-state index in [0.717, 1.165) is 44.2 Å². The Morgan fingerprint density at radius 1 is 1.32 bits per heavy atom. The summed E-state index contributed by atoms with van der Waals surface area (Å²) in [6.07, 6.45) is 6.03. The Morgan fingerprint density at radius 3 is 2.74 bits per heavy atom. The van der Waals surface area contributed by atoms with E-state index in [1.807, 2.05) is 17.9 Å². The van der Waals surface area contributed by atoms with Crippen LogP contribution in [0.25, 0.3) is 0 Å². The van der Waals surface area contributed by atoms with Gasteiger partial charge in [-0.25, -0.2) is 4.98 Å². The molecule has 2 fully saturated rings. The third-order valence-electron chi connectivity index (χ3n) is 6.31. The van der Waals surface area contributed by atoms with Crippen LogP contribution in [-0.4, -0.2) is 68.1 Å². The van der Waals surface area contributed by atoms with Crippen molar-refractivity contribution in [2.24, 2.45) is 5.92 Å². The van der Waals surface area contributed by atoms with E-state index in [9.17, 15) is 9.59 Å². The number of carbonyl (C=O) groups excluding carboxylic acids is 2. The first kappa shape index (κ1) is 23.5. The molecule has 0 radical (unpaired) electrons. The highest BCUT2D eigenvalue weighted by atomic mass is 16.7. The van der Waals surface area contributed by atoms with Crippen LogP contribution in [0.2, 0.25) is 0 Å². The fourth-order valence-electron chi connectivity index (χ4n) is 4.38. The van der Waals surface area contributed by atoms with Crippen LogP contribution in [0, 0.1) is 5.92 Å². The second-order valence-corrected chi connectivity index (χ2v) is 8.43. The number of hydrogen-bond donors (Lipinski definition) is 0. The van der Waals surface area contributed by atoms with Crippen molar-refractivity contribution in [3.05, 3.63) is 23.9 Å². The first-order chi connectivity index (χ1) is 14.9. The molecular formula is C23H34N2O6. The second kappa shape index (κ2) is 10.9. The number of methoxy groups -OCH3 is 2. The maximum absolute atomic E-state index is 12.8. The summed E-state index contributed by atoms with van der Waals surface area (Å²) in [5.74, 6) is 0.00952. The lowest BCUT2D eigenvalue weighted by atomic mass is 9.92. The summed E-state index contributed by atoms with van der Waals surface area (Å²) in [6.45, 7) is 4.68. The predicted octanol–water partition coefficient (Wildman–Crippen LogP) is 2.91. The van der Waals surface area contributed by atoms with Gasteiger partial charge in [0.05, 0.1) is 33.9 Å². The maximum atomic E-state index is 12.8. The number of likely N-dealkylation sites (tertiary alicyclic amines) is 1. The average Bonchev–Trinajstić information content (AvgIpc) is 3.37. The molecule has 0 aromatic carbocycles. The summed E-state index contributed by atoms with van der Waals surface area (Å²) >= 11 is 0. The molecule has 2 saturated heterocycles. The van der Waals surface area contributed by atoms with E-state index in [4.69, 9.17) is 18.9 Å². The molecule has 1 amide bonds. The Hall–Kier alpha value is -2.19. The molecular weight excluding hydrogens is 400 g/mol. The Labute approximate surface area is 184 Å².